The quantitative estimate of drug-likeness (QED) is 0.400. The van der Waals surface area contributed by atoms with E-state index in [4.69, 9.17) is 9.47 Å². The van der Waals surface area contributed by atoms with Crippen molar-refractivity contribution in [3.05, 3.63) is 100 Å². The molecule has 2 aliphatic rings. The summed E-state index contributed by atoms with van der Waals surface area (Å²) in [5.41, 5.74) is 0.470. The molecular formula is C25H17F6N3O2. The summed E-state index contributed by atoms with van der Waals surface area (Å²) in [6.45, 7) is 0.306. The molecule has 0 spiro atoms. The average molecular weight is 505 g/mol. The molecule has 0 N–H and O–H groups in total. The molecule has 2 aliphatic heterocycles. The Labute approximate surface area is 201 Å². The van der Waals surface area contributed by atoms with Crippen molar-refractivity contribution in [2.45, 2.75) is 24.4 Å². The van der Waals surface area contributed by atoms with Crippen molar-refractivity contribution in [1.82, 2.24) is 4.98 Å². The van der Waals surface area contributed by atoms with E-state index in [0.29, 0.717) is 22.5 Å². The highest BCUT2D eigenvalue weighted by molar-refractivity contribution is 5.97. The first-order chi connectivity index (χ1) is 17.1. The molecule has 0 bridgehead atoms. The number of rotatable bonds is 4. The second-order valence-electron chi connectivity index (χ2n) is 8.17. The van der Waals surface area contributed by atoms with E-state index in [9.17, 15) is 26.3 Å². The Morgan fingerprint density at radius 3 is 1.33 bits per heavy atom. The number of pyridine rings is 1. The van der Waals surface area contributed by atoms with Gasteiger partial charge in [0.05, 0.1) is 11.1 Å². The summed E-state index contributed by atoms with van der Waals surface area (Å²) in [6.07, 6.45) is -8.83. The van der Waals surface area contributed by atoms with Crippen molar-refractivity contribution >= 4 is 11.8 Å². The monoisotopic (exact) mass is 505 g/mol. The van der Waals surface area contributed by atoms with Gasteiger partial charge in [0.1, 0.15) is 36.7 Å². The van der Waals surface area contributed by atoms with Gasteiger partial charge in [-0.05, 0) is 47.5 Å². The first kappa shape index (κ1) is 23.8. The molecule has 0 amide bonds. The zero-order valence-electron chi connectivity index (χ0n) is 18.3. The molecule has 0 saturated carbocycles. The molecule has 5 nitrogen and oxygen atoms in total. The summed E-state index contributed by atoms with van der Waals surface area (Å²) in [6, 6.07) is 13.6. The highest BCUT2D eigenvalue weighted by atomic mass is 19.4. The predicted molar refractivity (Wildman–Crippen MR) is 118 cm³/mol. The number of aromatic nitrogens is 1. The Morgan fingerprint density at radius 1 is 0.583 bits per heavy atom. The highest BCUT2D eigenvalue weighted by Crippen LogP contribution is 2.33. The summed E-state index contributed by atoms with van der Waals surface area (Å²) in [7, 11) is 0. The molecule has 0 unspecified atom stereocenters. The summed E-state index contributed by atoms with van der Waals surface area (Å²) in [5.74, 6) is 0.472. The molecule has 11 heteroatoms. The third-order valence-corrected chi connectivity index (χ3v) is 5.73. The van der Waals surface area contributed by atoms with E-state index < -0.39 is 35.6 Å². The average Bonchev–Trinajstić information content (AvgIpc) is 3.54. The number of ether oxygens (including phenoxy) is 2. The molecule has 0 radical (unpaired) electrons. The topological polar surface area (TPSA) is 56.1 Å². The lowest BCUT2D eigenvalue weighted by Gasteiger charge is -2.09. The van der Waals surface area contributed by atoms with Crippen molar-refractivity contribution in [3.63, 3.8) is 0 Å². The smallest absolute Gasteiger partial charge is 0.416 e. The van der Waals surface area contributed by atoms with Crippen LogP contribution in [0.3, 0.4) is 0 Å². The molecule has 36 heavy (non-hydrogen) atoms. The van der Waals surface area contributed by atoms with Gasteiger partial charge >= 0.3 is 12.4 Å². The highest BCUT2D eigenvalue weighted by Gasteiger charge is 2.32. The van der Waals surface area contributed by atoms with Gasteiger partial charge in [-0.2, -0.15) is 26.3 Å². The van der Waals surface area contributed by atoms with Gasteiger partial charge in [0.25, 0.3) is 0 Å². The van der Waals surface area contributed by atoms with Crippen LogP contribution in [0.4, 0.5) is 26.3 Å². The summed E-state index contributed by atoms with van der Waals surface area (Å²) in [5, 5.41) is 0. The number of benzene rings is 2. The maximum absolute atomic E-state index is 12.8. The minimum atomic E-state index is -4.42. The van der Waals surface area contributed by atoms with Crippen LogP contribution in [0.1, 0.15) is 45.7 Å². The largest absolute Gasteiger partial charge is 0.474 e. The van der Waals surface area contributed by atoms with Gasteiger partial charge in [-0.15, -0.1) is 0 Å². The lowest BCUT2D eigenvalue weighted by atomic mass is 10.1. The van der Waals surface area contributed by atoms with Crippen LogP contribution in [0.2, 0.25) is 0 Å². The van der Waals surface area contributed by atoms with Gasteiger partial charge in [0, 0.05) is 0 Å². The fourth-order valence-corrected chi connectivity index (χ4v) is 3.83. The first-order valence-electron chi connectivity index (χ1n) is 10.8. The zero-order valence-corrected chi connectivity index (χ0v) is 18.3. The normalized spacial score (nSPS) is 19.9. The molecule has 0 saturated heterocycles. The van der Waals surface area contributed by atoms with Gasteiger partial charge in [-0.1, -0.05) is 30.3 Å². The van der Waals surface area contributed by atoms with E-state index in [1.807, 2.05) is 0 Å². The van der Waals surface area contributed by atoms with Crippen molar-refractivity contribution in [2.24, 2.45) is 9.98 Å². The van der Waals surface area contributed by atoms with Crippen molar-refractivity contribution in [3.8, 4) is 0 Å². The fraction of sp³-hybridized carbons (Fsp3) is 0.240. The van der Waals surface area contributed by atoms with Gasteiger partial charge in [-0.3, -0.25) is 0 Å². The lowest BCUT2D eigenvalue weighted by molar-refractivity contribution is -0.138. The van der Waals surface area contributed by atoms with Crippen molar-refractivity contribution in [2.75, 3.05) is 13.2 Å². The first-order valence-corrected chi connectivity index (χ1v) is 10.8. The number of aliphatic imine (C=N–C) groups is 2. The molecule has 3 heterocycles. The molecule has 3 aromatic rings. The fourth-order valence-electron chi connectivity index (χ4n) is 3.83. The molecule has 186 valence electrons. The lowest BCUT2D eigenvalue weighted by Crippen LogP contribution is -2.10. The molecule has 0 fully saturated rings. The zero-order chi connectivity index (χ0) is 25.5. The Kier molecular flexibility index (Phi) is 5.93. The van der Waals surface area contributed by atoms with Crippen LogP contribution in [-0.4, -0.2) is 30.0 Å². The number of halogens is 6. The van der Waals surface area contributed by atoms with E-state index in [1.54, 1.807) is 18.2 Å². The van der Waals surface area contributed by atoms with E-state index in [-0.39, 0.29) is 25.0 Å². The van der Waals surface area contributed by atoms with Crippen molar-refractivity contribution in [1.29, 1.82) is 0 Å². The predicted octanol–water partition coefficient (Wildman–Crippen LogP) is 6.16. The van der Waals surface area contributed by atoms with Crippen molar-refractivity contribution < 1.29 is 35.8 Å². The molecule has 2 atom stereocenters. The van der Waals surface area contributed by atoms with E-state index >= 15 is 0 Å². The van der Waals surface area contributed by atoms with Crippen LogP contribution in [0.25, 0.3) is 0 Å². The summed E-state index contributed by atoms with van der Waals surface area (Å²) >= 11 is 0. The van der Waals surface area contributed by atoms with E-state index in [1.165, 1.54) is 24.3 Å². The third kappa shape index (κ3) is 4.91. The van der Waals surface area contributed by atoms with Crippen LogP contribution in [-0.2, 0) is 21.8 Å². The molecule has 2 aromatic carbocycles. The number of hydrogen-bond acceptors (Lipinski definition) is 5. The Bertz CT molecular complexity index is 1220. The molecule has 5 rings (SSSR count). The Morgan fingerprint density at radius 2 is 0.972 bits per heavy atom. The maximum atomic E-state index is 12.8. The standard InChI is InChI=1S/C25H17F6N3O2/c26-24(27,28)16-8-4-14(5-9-16)20-12-35-22(33-20)18-2-1-3-19(32-18)23-34-21(13-36-23)15-6-10-17(11-7-15)25(29,30)31/h1-11,20-21H,12-13H2/t20-,21-/m0/s1. The number of hydrogen-bond donors (Lipinski definition) is 0. The summed E-state index contributed by atoms with van der Waals surface area (Å²) in [4.78, 5) is 13.4. The van der Waals surface area contributed by atoms with E-state index in [0.717, 1.165) is 24.3 Å². The maximum Gasteiger partial charge on any atom is 0.416 e. The molecular weight excluding hydrogens is 488 g/mol. The second kappa shape index (κ2) is 8.96. The van der Waals surface area contributed by atoms with Gasteiger partial charge in [0.2, 0.25) is 11.8 Å². The van der Waals surface area contributed by atoms with Crippen LogP contribution in [0.15, 0.2) is 76.7 Å². The minimum Gasteiger partial charge on any atom is -0.474 e. The van der Waals surface area contributed by atoms with Crippen LogP contribution in [0, 0.1) is 0 Å². The SMILES string of the molecule is FC(F)(F)c1ccc([C@@H]2COC(c3cccc(C4=N[C@H](c5ccc(C(F)(F)F)cc5)CO4)n3)=N2)cc1. The Balaban J connectivity index is 1.32. The summed E-state index contributed by atoms with van der Waals surface area (Å²) < 4.78 is 88.1. The minimum absolute atomic E-state index is 0.153. The molecule has 1 aromatic heterocycles. The van der Waals surface area contributed by atoms with Gasteiger partial charge in [-0.25, -0.2) is 15.0 Å². The number of alkyl halides is 6. The van der Waals surface area contributed by atoms with Gasteiger partial charge in [0.15, 0.2) is 0 Å². The van der Waals surface area contributed by atoms with Gasteiger partial charge < -0.3 is 9.47 Å². The van der Waals surface area contributed by atoms with Crippen LogP contribution in [0.5, 0.6) is 0 Å². The third-order valence-electron chi connectivity index (χ3n) is 5.73. The van der Waals surface area contributed by atoms with Crippen LogP contribution < -0.4 is 0 Å². The number of nitrogens with zero attached hydrogens (tertiary/aromatic N) is 3. The molecule has 0 aliphatic carbocycles. The second-order valence-corrected chi connectivity index (χ2v) is 8.17. The Hall–Kier alpha value is -3.89. The van der Waals surface area contributed by atoms with E-state index in [2.05, 4.69) is 15.0 Å². The van der Waals surface area contributed by atoms with Crippen LogP contribution >= 0.6 is 0 Å².